The van der Waals surface area contributed by atoms with Gasteiger partial charge in [-0.25, -0.2) is 9.78 Å². The average molecular weight is 274 g/mol. The molecule has 0 aromatic carbocycles. The lowest BCUT2D eigenvalue weighted by molar-refractivity contribution is 0.0696. The third-order valence-corrected chi connectivity index (χ3v) is 5.14. The molecule has 0 amide bonds. The predicted molar refractivity (Wildman–Crippen MR) is 78.3 cm³/mol. The fourth-order valence-electron chi connectivity index (χ4n) is 3.87. The van der Waals surface area contributed by atoms with Crippen LogP contribution in [0.15, 0.2) is 12.3 Å². The number of piperidine rings is 1. The van der Waals surface area contributed by atoms with E-state index in [-0.39, 0.29) is 0 Å². The van der Waals surface area contributed by atoms with Gasteiger partial charge in [0.05, 0.1) is 0 Å². The van der Waals surface area contributed by atoms with E-state index in [1.165, 1.54) is 38.5 Å². The van der Waals surface area contributed by atoms with Crippen molar-refractivity contribution < 1.29 is 9.90 Å². The summed E-state index contributed by atoms with van der Waals surface area (Å²) in [5.74, 6) is -0.211. The van der Waals surface area contributed by atoms with Gasteiger partial charge in [-0.2, -0.15) is 0 Å². The van der Waals surface area contributed by atoms with Gasteiger partial charge in [-0.05, 0) is 49.7 Å². The van der Waals surface area contributed by atoms with Crippen molar-refractivity contribution in [1.29, 1.82) is 0 Å². The Bertz CT molecular complexity index is 511. The summed E-state index contributed by atoms with van der Waals surface area (Å²) in [5.41, 5.74) is 1.71. The molecule has 108 valence electrons. The second-order valence-corrected chi connectivity index (χ2v) is 6.33. The van der Waals surface area contributed by atoms with Gasteiger partial charge in [0.25, 0.3) is 0 Å². The number of aromatic nitrogens is 1. The molecule has 0 radical (unpaired) electrons. The number of aryl methyl sites for hydroxylation is 1. The Morgan fingerprint density at radius 2 is 1.90 bits per heavy atom. The fraction of sp³-hybridized carbons (Fsp3) is 0.625. The Balaban J connectivity index is 1.81. The number of aromatic carboxylic acids is 1. The van der Waals surface area contributed by atoms with Gasteiger partial charge in [0.1, 0.15) is 11.4 Å². The van der Waals surface area contributed by atoms with Gasteiger partial charge in [-0.3, -0.25) is 0 Å². The van der Waals surface area contributed by atoms with Crippen LogP contribution in [0.5, 0.6) is 0 Å². The van der Waals surface area contributed by atoms with Crippen molar-refractivity contribution in [2.24, 2.45) is 5.41 Å². The summed E-state index contributed by atoms with van der Waals surface area (Å²) in [4.78, 5) is 18.0. The first kappa shape index (κ1) is 13.4. The average Bonchev–Trinajstić information content (AvgIpc) is 2.87. The summed E-state index contributed by atoms with van der Waals surface area (Å²) in [6, 6.07) is 1.77. The van der Waals surface area contributed by atoms with E-state index in [0.717, 1.165) is 18.7 Å². The van der Waals surface area contributed by atoms with Crippen LogP contribution < -0.4 is 4.90 Å². The smallest absolute Gasteiger partial charge is 0.339 e. The van der Waals surface area contributed by atoms with Crippen molar-refractivity contribution in [1.82, 2.24) is 4.98 Å². The summed E-state index contributed by atoms with van der Waals surface area (Å²) < 4.78 is 0. The minimum absolute atomic E-state index is 0.370. The van der Waals surface area contributed by atoms with Crippen LogP contribution in [0.1, 0.15) is 54.4 Å². The molecule has 0 bridgehead atoms. The lowest BCUT2D eigenvalue weighted by Crippen LogP contribution is -2.40. The van der Waals surface area contributed by atoms with Crippen molar-refractivity contribution in [3.63, 3.8) is 0 Å². The van der Waals surface area contributed by atoms with Gasteiger partial charge >= 0.3 is 5.97 Å². The molecule has 4 nitrogen and oxygen atoms in total. The van der Waals surface area contributed by atoms with E-state index < -0.39 is 5.97 Å². The summed E-state index contributed by atoms with van der Waals surface area (Å²) in [5, 5.41) is 9.42. The number of carboxylic acid groups (broad SMARTS) is 1. The molecule has 2 aliphatic rings. The summed E-state index contributed by atoms with van der Waals surface area (Å²) in [6.45, 7) is 3.73. The normalized spacial score (nSPS) is 21.4. The van der Waals surface area contributed by atoms with Gasteiger partial charge in [-0.1, -0.05) is 12.8 Å². The standard InChI is InChI=1S/C16H22N2O2/c1-12-4-9-17-14(13(12)15(19)20)18-10-7-16(8-11-18)5-2-3-6-16/h4,9H,2-3,5-8,10-11H2,1H3,(H,19,20). The van der Waals surface area contributed by atoms with E-state index >= 15 is 0 Å². The Morgan fingerprint density at radius 1 is 1.25 bits per heavy atom. The molecule has 1 spiro atoms. The molecule has 2 fully saturated rings. The van der Waals surface area contributed by atoms with Crippen LogP contribution in [-0.4, -0.2) is 29.1 Å². The molecule has 0 unspecified atom stereocenters. The van der Waals surface area contributed by atoms with Crippen molar-refractivity contribution in [3.05, 3.63) is 23.4 Å². The molecular weight excluding hydrogens is 252 g/mol. The van der Waals surface area contributed by atoms with Gasteiger partial charge in [0, 0.05) is 19.3 Å². The topological polar surface area (TPSA) is 53.4 Å². The van der Waals surface area contributed by atoms with Crippen LogP contribution in [0.3, 0.4) is 0 Å². The molecule has 1 saturated heterocycles. The first-order valence-electron chi connectivity index (χ1n) is 7.55. The zero-order valence-electron chi connectivity index (χ0n) is 12.1. The van der Waals surface area contributed by atoms with Crippen LogP contribution in [0, 0.1) is 12.3 Å². The van der Waals surface area contributed by atoms with Crippen LogP contribution in [-0.2, 0) is 0 Å². The van der Waals surface area contributed by atoms with Gasteiger partial charge < -0.3 is 10.0 Å². The maximum Gasteiger partial charge on any atom is 0.339 e. The number of hydrogen-bond donors (Lipinski definition) is 1. The van der Waals surface area contributed by atoms with Crippen LogP contribution in [0.4, 0.5) is 5.82 Å². The highest BCUT2D eigenvalue weighted by molar-refractivity contribution is 5.95. The second kappa shape index (κ2) is 5.08. The number of pyridine rings is 1. The minimum Gasteiger partial charge on any atom is -0.478 e. The molecule has 1 aliphatic heterocycles. The monoisotopic (exact) mass is 274 g/mol. The highest BCUT2D eigenvalue weighted by Crippen LogP contribution is 2.46. The number of rotatable bonds is 2. The van der Waals surface area contributed by atoms with Crippen molar-refractivity contribution in [3.8, 4) is 0 Å². The molecule has 2 heterocycles. The number of hydrogen-bond acceptors (Lipinski definition) is 3. The Labute approximate surface area is 119 Å². The van der Waals surface area contributed by atoms with E-state index in [1.807, 2.05) is 6.92 Å². The number of nitrogens with zero attached hydrogens (tertiary/aromatic N) is 2. The quantitative estimate of drug-likeness (QED) is 0.899. The number of carbonyl (C=O) groups is 1. The molecular formula is C16H22N2O2. The Morgan fingerprint density at radius 3 is 2.50 bits per heavy atom. The maximum absolute atomic E-state index is 11.5. The summed E-state index contributed by atoms with van der Waals surface area (Å²) >= 11 is 0. The lowest BCUT2D eigenvalue weighted by Gasteiger charge is -2.40. The van der Waals surface area contributed by atoms with Crippen LogP contribution >= 0.6 is 0 Å². The van der Waals surface area contributed by atoms with Gasteiger partial charge in [0.2, 0.25) is 0 Å². The van der Waals surface area contributed by atoms with E-state index in [2.05, 4.69) is 9.88 Å². The first-order chi connectivity index (χ1) is 9.61. The van der Waals surface area contributed by atoms with E-state index in [1.54, 1.807) is 12.3 Å². The van der Waals surface area contributed by atoms with E-state index in [9.17, 15) is 9.90 Å². The zero-order chi connectivity index (χ0) is 14.2. The molecule has 4 heteroatoms. The van der Waals surface area contributed by atoms with Gasteiger partial charge in [-0.15, -0.1) is 0 Å². The lowest BCUT2D eigenvalue weighted by atomic mass is 9.77. The molecule has 1 N–H and O–H groups in total. The highest BCUT2D eigenvalue weighted by Gasteiger charge is 2.37. The highest BCUT2D eigenvalue weighted by atomic mass is 16.4. The van der Waals surface area contributed by atoms with Gasteiger partial charge in [0.15, 0.2) is 0 Å². The maximum atomic E-state index is 11.5. The van der Waals surface area contributed by atoms with Crippen LogP contribution in [0.25, 0.3) is 0 Å². The molecule has 20 heavy (non-hydrogen) atoms. The summed E-state index contributed by atoms with van der Waals surface area (Å²) in [7, 11) is 0. The number of anilines is 1. The van der Waals surface area contributed by atoms with E-state index in [4.69, 9.17) is 0 Å². The largest absolute Gasteiger partial charge is 0.478 e. The number of carboxylic acids is 1. The predicted octanol–water partition coefficient (Wildman–Crippen LogP) is 3.25. The van der Waals surface area contributed by atoms with Crippen molar-refractivity contribution >= 4 is 11.8 Å². The molecule has 3 rings (SSSR count). The SMILES string of the molecule is Cc1ccnc(N2CCC3(CCCC3)CC2)c1C(=O)O. The van der Waals surface area contributed by atoms with Crippen LogP contribution in [0.2, 0.25) is 0 Å². The third kappa shape index (κ3) is 2.28. The minimum atomic E-state index is -0.869. The zero-order valence-corrected chi connectivity index (χ0v) is 12.1. The molecule has 0 atom stereocenters. The molecule has 1 aliphatic carbocycles. The first-order valence-corrected chi connectivity index (χ1v) is 7.55. The van der Waals surface area contributed by atoms with E-state index in [0.29, 0.717) is 16.8 Å². The Kier molecular flexibility index (Phi) is 3.40. The van der Waals surface area contributed by atoms with Crippen molar-refractivity contribution in [2.45, 2.75) is 45.4 Å². The molecule has 1 saturated carbocycles. The van der Waals surface area contributed by atoms with Crippen molar-refractivity contribution in [2.75, 3.05) is 18.0 Å². The second-order valence-electron chi connectivity index (χ2n) is 6.33. The summed E-state index contributed by atoms with van der Waals surface area (Å²) in [6.07, 6.45) is 9.52. The third-order valence-electron chi connectivity index (χ3n) is 5.14. The molecule has 1 aromatic heterocycles. The fourth-order valence-corrected chi connectivity index (χ4v) is 3.87. The molecule has 1 aromatic rings. The Hall–Kier alpha value is -1.58.